The fraction of sp³-hybridized carbons (Fsp3) is 0.125. The summed E-state index contributed by atoms with van der Waals surface area (Å²) in [5.41, 5.74) is 0.236. The van der Waals surface area contributed by atoms with Crippen LogP contribution in [0.15, 0.2) is 46.9 Å². The van der Waals surface area contributed by atoms with Crippen LogP contribution in [0.25, 0.3) is 0 Å². The predicted octanol–water partition coefficient (Wildman–Crippen LogP) is 2.89. The summed E-state index contributed by atoms with van der Waals surface area (Å²) in [7, 11) is 0. The van der Waals surface area contributed by atoms with E-state index in [1.54, 1.807) is 24.3 Å². The van der Waals surface area contributed by atoms with Crippen molar-refractivity contribution in [2.75, 3.05) is 13.1 Å². The SMILES string of the molecule is O=C(NCCNC(=O)c1ccc(F)cc1F)c1cccc(Br)c1. The summed E-state index contributed by atoms with van der Waals surface area (Å²) < 4.78 is 27.0. The van der Waals surface area contributed by atoms with Crippen molar-refractivity contribution in [2.45, 2.75) is 0 Å². The first-order valence-electron chi connectivity index (χ1n) is 6.74. The largest absolute Gasteiger partial charge is 0.350 e. The number of carbonyl (C=O) groups excluding carboxylic acids is 2. The molecule has 0 aliphatic rings. The highest BCUT2D eigenvalue weighted by atomic mass is 79.9. The average Bonchev–Trinajstić information content (AvgIpc) is 2.51. The normalized spacial score (nSPS) is 10.2. The van der Waals surface area contributed by atoms with Crippen LogP contribution in [0.1, 0.15) is 20.7 Å². The Kier molecular flexibility index (Phi) is 5.81. The Hall–Kier alpha value is -2.28. The van der Waals surface area contributed by atoms with E-state index in [2.05, 4.69) is 26.6 Å². The first-order valence-corrected chi connectivity index (χ1v) is 7.53. The molecule has 2 amide bonds. The number of rotatable bonds is 5. The van der Waals surface area contributed by atoms with E-state index in [-0.39, 0.29) is 24.6 Å². The van der Waals surface area contributed by atoms with Crippen LogP contribution >= 0.6 is 15.9 Å². The standard InChI is InChI=1S/C16H13BrF2N2O2/c17-11-3-1-2-10(8-11)15(22)20-6-7-21-16(23)13-5-4-12(18)9-14(13)19/h1-5,8-9H,6-7H2,(H,20,22)(H,21,23). The van der Waals surface area contributed by atoms with Gasteiger partial charge >= 0.3 is 0 Å². The summed E-state index contributed by atoms with van der Waals surface area (Å²) in [5, 5.41) is 5.08. The van der Waals surface area contributed by atoms with E-state index in [9.17, 15) is 18.4 Å². The Bertz CT molecular complexity index is 738. The molecule has 0 radical (unpaired) electrons. The Morgan fingerprint density at radius 1 is 0.957 bits per heavy atom. The Morgan fingerprint density at radius 2 is 1.65 bits per heavy atom. The first kappa shape index (κ1) is 17.1. The maximum Gasteiger partial charge on any atom is 0.254 e. The van der Waals surface area contributed by atoms with E-state index in [0.29, 0.717) is 11.6 Å². The van der Waals surface area contributed by atoms with Crippen LogP contribution in [0.3, 0.4) is 0 Å². The predicted molar refractivity (Wildman–Crippen MR) is 85.2 cm³/mol. The Balaban J connectivity index is 1.81. The van der Waals surface area contributed by atoms with Gasteiger partial charge in [0.2, 0.25) is 0 Å². The summed E-state index contributed by atoms with van der Waals surface area (Å²) in [4.78, 5) is 23.6. The fourth-order valence-corrected chi connectivity index (χ4v) is 2.25. The van der Waals surface area contributed by atoms with Crippen molar-refractivity contribution in [1.82, 2.24) is 10.6 Å². The van der Waals surface area contributed by atoms with Gasteiger partial charge in [0.05, 0.1) is 5.56 Å². The van der Waals surface area contributed by atoms with E-state index in [0.717, 1.165) is 16.6 Å². The van der Waals surface area contributed by atoms with Crippen LogP contribution in [-0.4, -0.2) is 24.9 Å². The molecule has 0 aliphatic heterocycles. The van der Waals surface area contributed by atoms with Gasteiger partial charge in [0.15, 0.2) is 0 Å². The van der Waals surface area contributed by atoms with Crippen LogP contribution in [-0.2, 0) is 0 Å². The lowest BCUT2D eigenvalue weighted by molar-refractivity contribution is 0.0925. The van der Waals surface area contributed by atoms with E-state index in [1.807, 2.05) is 0 Å². The number of carbonyl (C=O) groups is 2. The molecule has 0 atom stereocenters. The maximum atomic E-state index is 13.4. The summed E-state index contributed by atoms with van der Waals surface area (Å²) in [6.45, 7) is 0.301. The minimum Gasteiger partial charge on any atom is -0.350 e. The molecule has 4 nitrogen and oxygen atoms in total. The fourth-order valence-electron chi connectivity index (χ4n) is 1.85. The van der Waals surface area contributed by atoms with Crippen molar-refractivity contribution in [3.8, 4) is 0 Å². The van der Waals surface area contributed by atoms with Gasteiger partial charge in [-0.25, -0.2) is 8.78 Å². The van der Waals surface area contributed by atoms with Crippen molar-refractivity contribution in [2.24, 2.45) is 0 Å². The van der Waals surface area contributed by atoms with Crippen LogP contribution in [0.5, 0.6) is 0 Å². The van der Waals surface area contributed by atoms with Crippen LogP contribution in [0.2, 0.25) is 0 Å². The number of hydrogen-bond acceptors (Lipinski definition) is 2. The van der Waals surface area contributed by atoms with Crippen molar-refractivity contribution in [3.63, 3.8) is 0 Å². The Labute approximate surface area is 140 Å². The minimum absolute atomic E-state index is 0.120. The molecule has 0 saturated heterocycles. The molecule has 23 heavy (non-hydrogen) atoms. The highest BCUT2D eigenvalue weighted by molar-refractivity contribution is 9.10. The molecular formula is C16H13BrF2N2O2. The van der Waals surface area contributed by atoms with E-state index in [1.165, 1.54) is 0 Å². The van der Waals surface area contributed by atoms with Crippen LogP contribution in [0, 0.1) is 11.6 Å². The number of amides is 2. The molecule has 0 fully saturated rings. The maximum absolute atomic E-state index is 13.4. The summed E-state index contributed by atoms with van der Waals surface area (Å²) in [6.07, 6.45) is 0. The van der Waals surface area contributed by atoms with Gasteiger partial charge in [-0.15, -0.1) is 0 Å². The second kappa shape index (κ2) is 7.82. The number of halogens is 3. The molecule has 0 spiro atoms. The van der Waals surface area contributed by atoms with Gasteiger partial charge in [0.25, 0.3) is 11.8 Å². The molecule has 120 valence electrons. The number of hydrogen-bond donors (Lipinski definition) is 2. The summed E-state index contributed by atoms with van der Waals surface area (Å²) in [6, 6.07) is 9.58. The third-order valence-electron chi connectivity index (χ3n) is 2.96. The van der Waals surface area contributed by atoms with Gasteiger partial charge in [-0.3, -0.25) is 9.59 Å². The quantitative estimate of drug-likeness (QED) is 0.781. The highest BCUT2D eigenvalue weighted by Gasteiger charge is 2.12. The van der Waals surface area contributed by atoms with Crippen molar-refractivity contribution >= 4 is 27.7 Å². The molecule has 0 bridgehead atoms. The van der Waals surface area contributed by atoms with Crippen molar-refractivity contribution in [3.05, 3.63) is 69.7 Å². The van der Waals surface area contributed by atoms with Gasteiger partial charge in [-0.2, -0.15) is 0 Å². The van der Waals surface area contributed by atoms with E-state index < -0.39 is 17.5 Å². The molecule has 2 aromatic carbocycles. The zero-order valence-corrected chi connectivity index (χ0v) is 13.5. The average molecular weight is 383 g/mol. The van der Waals surface area contributed by atoms with Gasteiger partial charge in [-0.05, 0) is 30.3 Å². The second-order valence-corrected chi connectivity index (χ2v) is 5.56. The van der Waals surface area contributed by atoms with Gasteiger partial charge < -0.3 is 10.6 Å². The van der Waals surface area contributed by atoms with Crippen molar-refractivity contribution in [1.29, 1.82) is 0 Å². The zero-order valence-electron chi connectivity index (χ0n) is 11.9. The lowest BCUT2D eigenvalue weighted by Crippen LogP contribution is -2.35. The smallest absolute Gasteiger partial charge is 0.254 e. The molecule has 0 aromatic heterocycles. The lowest BCUT2D eigenvalue weighted by atomic mass is 10.2. The van der Waals surface area contributed by atoms with E-state index in [4.69, 9.17) is 0 Å². The third-order valence-corrected chi connectivity index (χ3v) is 3.45. The summed E-state index contributed by atoms with van der Waals surface area (Å²) >= 11 is 3.27. The molecular weight excluding hydrogens is 370 g/mol. The molecule has 0 aliphatic carbocycles. The number of benzene rings is 2. The number of nitrogens with one attached hydrogen (secondary N) is 2. The molecule has 2 rings (SSSR count). The van der Waals surface area contributed by atoms with Gasteiger partial charge in [0.1, 0.15) is 11.6 Å². The highest BCUT2D eigenvalue weighted by Crippen LogP contribution is 2.11. The third kappa shape index (κ3) is 4.85. The lowest BCUT2D eigenvalue weighted by Gasteiger charge is -2.08. The van der Waals surface area contributed by atoms with Gasteiger partial charge in [0, 0.05) is 29.2 Å². The molecule has 2 N–H and O–H groups in total. The summed E-state index contributed by atoms with van der Waals surface area (Å²) in [5.74, 6) is -2.63. The molecule has 0 heterocycles. The molecule has 0 unspecified atom stereocenters. The van der Waals surface area contributed by atoms with Gasteiger partial charge in [-0.1, -0.05) is 22.0 Å². The molecule has 7 heteroatoms. The monoisotopic (exact) mass is 382 g/mol. The first-order chi connectivity index (χ1) is 11.0. The Morgan fingerprint density at radius 3 is 2.30 bits per heavy atom. The minimum atomic E-state index is -0.930. The zero-order chi connectivity index (χ0) is 16.8. The second-order valence-electron chi connectivity index (χ2n) is 4.65. The topological polar surface area (TPSA) is 58.2 Å². The van der Waals surface area contributed by atoms with Crippen LogP contribution in [0.4, 0.5) is 8.78 Å². The van der Waals surface area contributed by atoms with E-state index >= 15 is 0 Å². The van der Waals surface area contributed by atoms with Crippen molar-refractivity contribution < 1.29 is 18.4 Å². The molecule has 2 aromatic rings. The molecule has 0 saturated carbocycles. The van der Waals surface area contributed by atoms with Crippen LogP contribution < -0.4 is 10.6 Å².